The van der Waals surface area contributed by atoms with Gasteiger partial charge in [0.05, 0.1) is 18.8 Å². The van der Waals surface area contributed by atoms with Crippen LogP contribution in [0.1, 0.15) is 24.0 Å². The van der Waals surface area contributed by atoms with Gasteiger partial charge in [0, 0.05) is 43.4 Å². The third-order valence-corrected chi connectivity index (χ3v) is 4.64. The molecule has 0 aromatic heterocycles. The summed E-state index contributed by atoms with van der Waals surface area (Å²) in [6, 6.07) is 6.05. The zero-order valence-electron chi connectivity index (χ0n) is 12.7. The fraction of sp³-hybridized carbons (Fsp3) is 0.471. The third kappa shape index (κ3) is 2.30. The molecule has 0 saturated carbocycles. The van der Waals surface area contributed by atoms with Gasteiger partial charge in [-0.05, 0) is 19.1 Å². The number of likely N-dealkylation sites (tertiary alicyclic amines) is 1. The molecule has 0 atom stereocenters. The second-order valence-corrected chi connectivity index (χ2v) is 6.19. The predicted octanol–water partition coefficient (Wildman–Crippen LogP) is 2.13. The van der Waals surface area contributed by atoms with Crippen LogP contribution in [0.5, 0.6) is 0 Å². The van der Waals surface area contributed by atoms with Crippen LogP contribution in [0.25, 0.3) is 5.57 Å². The van der Waals surface area contributed by atoms with E-state index in [1.807, 2.05) is 25.3 Å². The molecular weight excluding hydrogens is 280 g/mol. The minimum absolute atomic E-state index is 0.0192. The van der Waals surface area contributed by atoms with Gasteiger partial charge >= 0.3 is 0 Å². The van der Waals surface area contributed by atoms with Crippen molar-refractivity contribution in [1.82, 2.24) is 4.90 Å². The van der Waals surface area contributed by atoms with E-state index in [0.29, 0.717) is 13.2 Å². The molecule has 0 radical (unpaired) electrons. The first-order valence-corrected chi connectivity index (χ1v) is 7.81. The molecule has 0 unspecified atom stereocenters. The van der Waals surface area contributed by atoms with Crippen molar-refractivity contribution in [2.75, 3.05) is 31.6 Å². The lowest BCUT2D eigenvalue weighted by atomic mass is 10.0. The Labute approximate surface area is 129 Å². The maximum Gasteiger partial charge on any atom is 0.257 e. The van der Waals surface area contributed by atoms with Crippen molar-refractivity contribution in [1.29, 1.82) is 0 Å². The molecule has 2 saturated heterocycles. The van der Waals surface area contributed by atoms with Crippen molar-refractivity contribution in [3.8, 4) is 0 Å². The first kappa shape index (κ1) is 13.8. The van der Waals surface area contributed by atoms with Crippen molar-refractivity contribution in [3.05, 3.63) is 35.5 Å². The molecule has 3 aliphatic rings. The lowest BCUT2D eigenvalue weighted by Gasteiger charge is -2.37. The molecule has 1 aromatic rings. The van der Waals surface area contributed by atoms with E-state index in [1.165, 1.54) is 0 Å². The van der Waals surface area contributed by atoms with Gasteiger partial charge in [-0.2, -0.15) is 0 Å². The van der Waals surface area contributed by atoms with E-state index in [-0.39, 0.29) is 11.7 Å². The maximum atomic E-state index is 12.2. The van der Waals surface area contributed by atoms with Crippen LogP contribution in [0.3, 0.4) is 0 Å². The highest BCUT2D eigenvalue weighted by atomic mass is 16.7. The van der Waals surface area contributed by atoms with Crippen LogP contribution in [0.4, 0.5) is 5.69 Å². The van der Waals surface area contributed by atoms with Gasteiger partial charge in [-0.1, -0.05) is 11.6 Å². The molecule has 5 heteroatoms. The fourth-order valence-corrected chi connectivity index (χ4v) is 3.39. The fourth-order valence-electron chi connectivity index (χ4n) is 3.39. The van der Waals surface area contributed by atoms with Gasteiger partial charge in [-0.25, -0.2) is 0 Å². The lowest BCUT2D eigenvalue weighted by Crippen LogP contribution is -2.43. The van der Waals surface area contributed by atoms with Crippen LogP contribution >= 0.6 is 0 Å². The summed E-state index contributed by atoms with van der Waals surface area (Å²) in [4.78, 5) is 14.4. The number of nitrogens with one attached hydrogen (secondary N) is 1. The van der Waals surface area contributed by atoms with Crippen molar-refractivity contribution < 1.29 is 14.3 Å². The average Bonchev–Trinajstić information content (AvgIpc) is 3.08. The molecule has 0 bridgehead atoms. The van der Waals surface area contributed by atoms with Crippen LogP contribution < -0.4 is 5.32 Å². The van der Waals surface area contributed by atoms with Gasteiger partial charge in [0.15, 0.2) is 5.79 Å². The van der Waals surface area contributed by atoms with E-state index in [9.17, 15) is 4.79 Å². The van der Waals surface area contributed by atoms with Crippen LogP contribution in [0.15, 0.2) is 24.4 Å². The number of aryl methyl sites for hydroxylation is 1. The molecule has 5 nitrogen and oxygen atoms in total. The highest BCUT2D eigenvalue weighted by Gasteiger charge is 2.39. The molecule has 3 heterocycles. The summed E-state index contributed by atoms with van der Waals surface area (Å²) in [5.74, 6) is -0.393. The van der Waals surface area contributed by atoms with Gasteiger partial charge < -0.3 is 19.7 Å². The van der Waals surface area contributed by atoms with Gasteiger partial charge in [0.1, 0.15) is 0 Å². The number of anilines is 1. The summed E-state index contributed by atoms with van der Waals surface area (Å²) in [7, 11) is 0. The van der Waals surface area contributed by atoms with Crippen LogP contribution in [0, 0.1) is 6.92 Å². The SMILES string of the molecule is Cc1ccc2c(c1)/C(=C\N1CCC3(CC1)OCCO3)C(=O)N2. The highest BCUT2D eigenvalue weighted by molar-refractivity contribution is 6.31. The Hall–Kier alpha value is -1.85. The van der Waals surface area contributed by atoms with Crippen LogP contribution in [0.2, 0.25) is 0 Å². The number of carbonyl (C=O) groups excluding carboxylic acids is 1. The average molecular weight is 300 g/mol. The van der Waals surface area contributed by atoms with Crippen molar-refractivity contribution >= 4 is 17.2 Å². The standard InChI is InChI=1S/C17H20N2O3/c1-12-2-3-15-13(10-12)14(16(20)18-15)11-19-6-4-17(5-7-19)21-8-9-22-17/h2-3,10-11H,4-9H2,1H3,(H,18,20)/b14-11+. The number of rotatable bonds is 1. The highest BCUT2D eigenvalue weighted by Crippen LogP contribution is 2.35. The summed E-state index contributed by atoms with van der Waals surface area (Å²) >= 11 is 0. The number of ether oxygens (including phenoxy) is 2. The number of fused-ring (bicyclic) bond motifs is 1. The Morgan fingerprint density at radius 1 is 1.23 bits per heavy atom. The summed E-state index contributed by atoms with van der Waals surface area (Å²) in [6.07, 6.45) is 3.68. The predicted molar refractivity (Wildman–Crippen MR) is 83.2 cm³/mol. The maximum absolute atomic E-state index is 12.2. The first-order valence-electron chi connectivity index (χ1n) is 7.81. The van der Waals surface area contributed by atoms with Gasteiger partial charge in [0.25, 0.3) is 5.91 Å². The van der Waals surface area contributed by atoms with E-state index in [1.54, 1.807) is 0 Å². The lowest BCUT2D eigenvalue weighted by molar-refractivity contribution is -0.181. The Balaban J connectivity index is 1.54. The summed E-state index contributed by atoms with van der Waals surface area (Å²) in [5, 5.41) is 2.93. The number of nitrogens with zero attached hydrogens (tertiary/aromatic N) is 1. The summed E-state index contributed by atoms with van der Waals surface area (Å²) < 4.78 is 11.5. The number of hydrogen-bond acceptors (Lipinski definition) is 4. The zero-order chi connectivity index (χ0) is 15.2. The number of piperidine rings is 1. The molecule has 3 aliphatic heterocycles. The Morgan fingerprint density at radius 2 is 1.95 bits per heavy atom. The van der Waals surface area contributed by atoms with E-state index in [0.717, 1.165) is 48.3 Å². The normalized spacial score (nSPS) is 24.9. The van der Waals surface area contributed by atoms with Crippen LogP contribution in [-0.2, 0) is 14.3 Å². The number of carbonyl (C=O) groups is 1. The Morgan fingerprint density at radius 3 is 2.68 bits per heavy atom. The first-order chi connectivity index (χ1) is 10.7. The molecule has 1 amide bonds. The molecule has 1 aromatic carbocycles. The quantitative estimate of drug-likeness (QED) is 0.807. The summed E-state index contributed by atoms with van der Waals surface area (Å²) in [5.41, 5.74) is 3.81. The second-order valence-electron chi connectivity index (χ2n) is 6.19. The Kier molecular flexibility index (Phi) is 3.20. The molecule has 1 N–H and O–H groups in total. The molecule has 1 spiro atoms. The molecule has 22 heavy (non-hydrogen) atoms. The van der Waals surface area contributed by atoms with Gasteiger partial charge in [-0.3, -0.25) is 4.79 Å². The molecule has 0 aliphatic carbocycles. The topological polar surface area (TPSA) is 50.8 Å². The van der Waals surface area contributed by atoms with Gasteiger partial charge in [0.2, 0.25) is 0 Å². The van der Waals surface area contributed by atoms with E-state index >= 15 is 0 Å². The van der Waals surface area contributed by atoms with Crippen molar-refractivity contribution in [2.45, 2.75) is 25.6 Å². The number of amides is 1. The minimum Gasteiger partial charge on any atom is -0.376 e. The Bertz CT molecular complexity index is 637. The molecule has 116 valence electrons. The number of benzene rings is 1. The largest absolute Gasteiger partial charge is 0.376 e. The number of hydrogen-bond donors (Lipinski definition) is 1. The molecule has 2 fully saturated rings. The monoisotopic (exact) mass is 300 g/mol. The minimum atomic E-state index is -0.374. The van der Waals surface area contributed by atoms with Crippen molar-refractivity contribution in [3.63, 3.8) is 0 Å². The zero-order valence-corrected chi connectivity index (χ0v) is 12.7. The van der Waals surface area contributed by atoms with E-state index in [4.69, 9.17) is 9.47 Å². The van der Waals surface area contributed by atoms with Gasteiger partial charge in [-0.15, -0.1) is 0 Å². The third-order valence-electron chi connectivity index (χ3n) is 4.64. The summed E-state index contributed by atoms with van der Waals surface area (Å²) in [6.45, 7) is 5.11. The molecule has 4 rings (SSSR count). The smallest absolute Gasteiger partial charge is 0.257 e. The van der Waals surface area contributed by atoms with E-state index < -0.39 is 0 Å². The van der Waals surface area contributed by atoms with E-state index in [2.05, 4.69) is 16.3 Å². The van der Waals surface area contributed by atoms with Crippen molar-refractivity contribution in [2.24, 2.45) is 0 Å². The molecular formula is C17H20N2O3. The van der Waals surface area contributed by atoms with Crippen LogP contribution in [-0.4, -0.2) is 42.9 Å². The second kappa shape index (κ2) is 5.11.